The standard InChI is InChI=1S/C30H22ClN3O2/c31-21-14-16-22(17-15-21)34-28(32-26-12-6-4-11-24(26)30(34)36)18-25-23-10-5-7-13-27(23)33(29(25)35)19-20-8-2-1-3-9-20/h1-17,25H,18-19H2. The summed E-state index contributed by atoms with van der Waals surface area (Å²) in [6.45, 7) is 0.488. The molecule has 0 fully saturated rings. The predicted molar refractivity (Wildman–Crippen MR) is 143 cm³/mol. The molecule has 1 amide bonds. The van der Waals surface area contributed by atoms with E-state index in [1.165, 1.54) is 0 Å². The average molecular weight is 492 g/mol. The van der Waals surface area contributed by atoms with Gasteiger partial charge < -0.3 is 4.90 Å². The van der Waals surface area contributed by atoms with Gasteiger partial charge >= 0.3 is 0 Å². The van der Waals surface area contributed by atoms with Gasteiger partial charge in [0.05, 0.1) is 29.1 Å². The van der Waals surface area contributed by atoms with Crippen LogP contribution in [0.2, 0.25) is 5.02 Å². The van der Waals surface area contributed by atoms with E-state index in [9.17, 15) is 9.59 Å². The van der Waals surface area contributed by atoms with Gasteiger partial charge in [-0.2, -0.15) is 0 Å². The fourth-order valence-corrected chi connectivity index (χ4v) is 5.07. The normalized spacial score (nSPS) is 14.9. The second-order valence-corrected chi connectivity index (χ2v) is 9.32. The molecule has 36 heavy (non-hydrogen) atoms. The average Bonchev–Trinajstić information content (AvgIpc) is 3.16. The number of rotatable bonds is 5. The van der Waals surface area contributed by atoms with Crippen LogP contribution in [0.4, 0.5) is 5.69 Å². The number of aromatic nitrogens is 2. The summed E-state index contributed by atoms with van der Waals surface area (Å²) < 4.78 is 1.61. The highest BCUT2D eigenvalue weighted by atomic mass is 35.5. The zero-order valence-electron chi connectivity index (χ0n) is 19.3. The Bertz CT molecular complexity index is 1650. The molecule has 1 aliphatic heterocycles. The maximum absolute atomic E-state index is 13.8. The lowest BCUT2D eigenvalue weighted by Crippen LogP contribution is -2.31. The molecule has 0 N–H and O–H groups in total. The van der Waals surface area contributed by atoms with Gasteiger partial charge in [-0.1, -0.05) is 72.3 Å². The summed E-state index contributed by atoms with van der Waals surface area (Å²) in [5.74, 6) is 0.0948. The zero-order valence-corrected chi connectivity index (χ0v) is 20.1. The molecule has 0 spiro atoms. The van der Waals surface area contributed by atoms with Crippen molar-refractivity contribution in [2.75, 3.05) is 4.90 Å². The highest BCUT2D eigenvalue weighted by molar-refractivity contribution is 6.30. The van der Waals surface area contributed by atoms with E-state index in [0.717, 1.165) is 16.8 Å². The van der Waals surface area contributed by atoms with Gasteiger partial charge in [0.1, 0.15) is 5.82 Å². The molecule has 6 heteroatoms. The van der Waals surface area contributed by atoms with E-state index >= 15 is 0 Å². The summed E-state index contributed by atoms with van der Waals surface area (Å²) in [7, 11) is 0. The Kier molecular flexibility index (Phi) is 5.62. The van der Waals surface area contributed by atoms with E-state index in [0.29, 0.717) is 40.4 Å². The fourth-order valence-electron chi connectivity index (χ4n) is 4.95. The van der Waals surface area contributed by atoms with E-state index in [1.807, 2.05) is 77.7 Å². The number of carbonyl (C=O) groups excluding carboxylic acids is 1. The van der Waals surface area contributed by atoms with E-state index < -0.39 is 5.92 Å². The molecule has 1 atom stereocenters. The Hall–Kier alpha value is -4.22. The molecule has 1 aliphatic rings. The second-order valence-electron chi connectivity index (χ2n) is 8.89. The molecule has 4 aromatic carbocycles. The lowest BCUT2D eigenvalue weighted by Gasteiger charge is -2.19. The lowest BCUT2D eigenvalue weighted by atomic mass is 9.96. The van der Waals surface area contributed by atoms with Crippen molar-refractivity contribution in [1.82, 2.24) is 9.55 Å². The minimum Gasteiger partial charge on any atom is -0.307 e. The van der Waals surface area contributed by atoms with Crippen LogP contribution in [-0.2, 0) is 17.8 Å². The van der Waals surface area contributed by atoms with Crippen molar-refractivity contribution in [3.8, 4) is 5.69 Å². The highest BCUT2D eigenvalue weighted by Gasteiger charge is 2.38. The number of halogens is 1. The molecule has 6 rings (SSSR count). The number of para-hydroxylation sites is 2. The van der Waals surface area contributed by atoms with Crippen LogP contribution in [-0.4, -0.2) is 15.5 Å². The van der Waals surface area contributed by atoms with Crippen molar-refractivity contribution in [1.29, 1.82) is 0 Å². The molecule has 0 radical (unpaired) electrons. The van der Waals surface area contributed by atoms with Crippen LogP contribution in [0.15, 0.2) is 108 Å². The van der Waals surface area contributed by atoms with Gasteiger partial charge in [-0.3, -0.25) is 14.2 Å². The zero-order chi connectivity index (χ0) is 24.6. The van der Waals surface area contributed by atoms with Gasteiger partial charge in [0.15, 0.2) is 0 Å². The van der Waals surface area contributed by atoms with Crippen LogP contribution >= 0.6 is 11.6 Å². The molecule has 1 aromatic heterocycles. The number of benzene rings is 4. The number of anilines is 1. The summed E-state index contributed by atoms with van der Waals surface area (Å²) in [6, 6.07) is 32.2. The van der Waals surface area contributed by atoms with E-state index in [4.69, 9.17) is 16.6 Å². The van der Waals surface area contributed by atoms with E-state index in [1.54, 1.807) is 34.9 Å². The van der Waals surface area contributed by atoms with E-state index in [-0.39, 0.29) is 11.5 Å². The number of nitrogens with zero attached hydrogens (tertiary/aromatic N) is 3. The molecule has 0 aliphatic carbocycles. The van der Waals surface area contributed by atoms with Crippen molar-refractivity contribution in [2.45, 2.75) is 18.9 Å². The first kappa shape index (κ1) is 22.3. The van der Waals surface area contributed by atoms with Crippen LogP contribution in [0.5, 0.6) is 0 Å². The van der Waals surface area contributed by atoms with Gasteiger partial charge in [0.2, 0.25) is 5.91 Å². The van der Waals surface area contributed by atoms with E-state index in [2.05, 4.69) is 0 Å². The Morgan fingerprint density at radius 2 is 1.47 bits per heavy atom. The molecule has 0 bridgehead atoms. The largest absolute Gasteiger partial charge is 0.307 e. The first-order valence-electron chi connectivity index (χ1n) is 11.8. The third-order valence-corrected chi connectivity index (χ3v) is 6.92. The number of hydrogen-bond acceptors (Lipinski definition) is 3. The molecule has 0 saturated heterocycles. The molecule has 0 saturated carbocycles. The Balaban J connectivity index is 1.46. The van der Waals surface area contributed by atoms with Crippen molar-refractivity contribution in [2.24, 2.45) is 0 Å². The summed E-state index contributed by atoms with van der Waals surface area (Å²) in [5, 5.41) is 1.11. The molecule has 5 aromatic rings. The fraction of sp³-hybridized carbons (Fsp3) is 0.100. The molecule has 1 unspecified atom stereocenters. The summed E-state index contributed by atoms with van der Waals surface area (Å²) in [4.78, 5) is 34.1. The SMILES string of the molecule is O=C1C(Cc2nc3ccccc3c(=O)n2-c2ccc(Cl)cc2)c2ccccc2N1Cc1ccccc1. The Labute approximate surface area is 213 Å². The molecule has 176 valence electrons. The molecule has 5 nitrogen and oxygen atoms in total. The first-order valence-corrected chi connectivity index (χ1v) is 12.2. The highest BCUT2D eigenvalue weighted by Crippen LogP contribution is 2.40. The number of fused-ring (bicyclic) bond motifs is 2. The van der Waals surface area contributed by atoms with Crippen LogP contribution in [0, 0.1) is 0 Å². The third kappa shape index (κ3) is 3.88. The predicted octanol–water partition coefficient (Wildman–Crippen LogP) is 5.91. The first-order chi connectivity index (χ1) is 17.6. The topological polar surface area (TPSA) is 55.2 Å². The monoisotopic (exact) mass is 491 g/mol. The van der Waals surface area contributed by atoms with Crippen molar-refractivity contribution < 1.29 is 4.79 Å². The molecular formula is C30H22ClN3O2. The Morgan fingerprint density at radius 1 is 0.778 bits per heavy atom. The van der Waals surface area contributed by atoms with Gasteiger partial charge in [-0.05, 0) is 53.6 Å². The summed E-state index contributed by atoms with van der Waals surface area (Å²) in [6.07, 6.45) is 0.295. The number of hydrogen-bond donors (Lipinski definition) is 0. The van der Waals surface area contributed by atoms with Gasteiger partial charge in [0, 0.05) is 17.1 Å². The van der Waals surface area contributed by atoms with Crippen LogP contribution in [0.1, 0.15) is 22.9 Å². The number of carbonyl (C=O) groups is 1. The summed E-state index contributed by atoms with van der Waals surface area (Å²) in [5.41, 5.74) is 4.02. The van der Waals surface area contributed by atoms with Crippen LogP contribution in [0.3, 0.4) is 0 Å². The van der Waals surface area contributed by atoms with Gasteiger partial charge in [0.25, 0.3) is 5.56 Å². The maximum Gasteiger partial charge on any atom is 0.265 e. The van der Waals surface area contributed by atoms with Gasteiger partial charge in [-0.25, -0.2) is 4.98 Å². The Morgan fingerprint density at radius 3 is 2.28 bits per heavy atom. The minimum atomic E-state index is -0.448. The van der Waals surface area contributed by atoms with Gasteiger partial charge in [-0.15, -0.1) is 0 Å². The van der Waals surface area contributed by atoms with Crippen molar-refractivity contribution in [3.05, 3.63) is 135 Å². The second kappa shape index (κ2) is 9.10. The smallest absolute Gasteiger partial charge is 0.265 e. The van der Waals surface area contributed by atoms with Crippen molar-refractivity contribution >= 4 is 34.1 Å². The molecule has 2 heterocycles. The number of amides is 1. The minimum absolute atomic E-state index is 0.00474. The molecular weight excluding hydrogens is 470 g/mol. The lowest BCUT2D eigenvalue weighted by molar-refractivity contribution is -0.119. The third-order valence-electron chi connectivity index (χ3n) is 6.67. The van der Waals surface area contributed by atoms with Crippen LogP contribution in [0.25, 0.3) is 16.6 Å². The summed E-state index contributed by atoms with van der Waals surface area (Å²) >= 11 is 6.12. The maximum atomic E-state index is 13.8. The quantitative estimate of drug-likeness (QED) is 0.307. The van der Waals surface area contributed by atoms with Crippen LogP contribution < -0.4 is 10.5 Å². The van der Waals surface area contributed by atoms with Crippen molar-refractivity contribution in [3.63, 3.8) is 0 Å².